The van der Waals surface area contributed by atoms with Crippen LogP contribution in [0.3, 0.4) is 0 Å². The number of amides is 1. The van der Waals surface area contributed by atoms with Gasteiger partial charge < -0.3 is 4.90 Å². The fraction of sp³-hybridized carbons (Fsp3) is 0.769. The Kier molecular flexibility index (Phi) is 6.34. The molecule has 1 unspecified atom stereocenters. The molecule has 1 aromatic heterocycles. The van der Waals surface area contributed by atoms with Gasteiger partial charge in [-0.1, -0.05) is 32.5 Å². The lowest BCUT2D eigenvalue weighted by Gasteiger charge is -2.17. The van der Waals surface area contributed by atoms with Crippen molar-refractivity contribution in [2.24, 2.45) is 5.92 Å². The van der Waals surface area contributed by atoms with Crippen LogP contribution in [-0.4, -0.2) is 44.0 Å². The lowest BCUT2D eigenvalue weighted by atomic mass is 10.1. The molecule has 0 radical (unpaired) electrons. The average molecular weight is 284 g/mol. The molecule has 1 aromatic rings. The van der Waals surface area contributed by atoms with E-state index in [1.165, 1.54) is 11.0 Å². The summed E-state index contributed by atoms with van der Waals surface area (Å²) in [6, 6.07) is -0.110. The summed E-state index contributed by atoms with van der Waals surface area (Å²) in [5.41, 5.74) is 0. The molecule has 0 aliphatic carbocycles. The first-order valence-electron chi connectivity index (χ1n) is 6.85. The Labute approximate surface area is 119 Å². The van der Waals surface area contributed by atoms with Gasteiger partial charge in [0.2, 0.25) is 5.16 Å². The van der Waals surface area contributed by atoms with Crippen LogP contribution in [0.2, 0.25) is 0 Å². The minimum atomic E-state index is -0.110. The van der Waals surface area contributed by atoms with Crippen LogP contribution in [0.4, 0.5) is 4.79 Å². The molecule has 19 heavy (non-hydrogen) atoms. The summed E-state index contributed by atoms with van der Waals surface area (Å²) in [6.45, 7) is 11.8. The van der Waals surface area contributed by atoms with Crippen LogP contribution in [0.15, 0.2) is 11.5 Å². The molecular weight excluding hydrogens is 260 g/mol. The standard InChI is InChI=1S/C13H24N4OS/c1-6-16(7-2)13(18)17-9-14-12(15-17)19-11(5)8-10(3)4/h9-11H,6-8H2,1-5H3. The molecule has 0 spiro atoms. The van der Waals surface area contributed by atoms with Crippen LogP contribution in [0, 0.1) is 5.92 Å². The van der Waals surface area contributed by atoms with E-state index in [2.05, 4.69) is 30.9 Å². The third-order valence-corrected chi connectivity index (χ3v) is 3.80. The molecule has 0 fully saturated rings. The molecule has 0 saturated heterocycles. The number of carbonyl (C=O) groups is 1. The summed E-state index contributed by atoms with van der Waals surface area (Å²) < 4.78 is 1.33. The highest BCUT2D eigenvalue weighted by atomic mass is 32.2. The van der Waals surface area contributed by atoms with Gasteiger partial charge in [0.25, 0.3) is 0 Å². The predicted molar refractivity (Wildman–Crippen MR) is 78.5 cm³/mol. The van der Waals surface area contributed by atoms with E-state index in [1.54, 1.807) is 16.7 Å². The summed E-state index contributed by atoms with van der Waals surface area (Å²) in [5, 5.41) is 5.38. The lowest BCUT2D eigenvalue weighted by Crippen LogP contribution is -2.34. The first kappa shape index (κ1) is 16.0. The molecule has 1 rings (SSSR count). The average Bonchev–Trinajstić information content (AvgIpc) is 2.77. The van der Waals surface area contributed by atoms with Gasteiger partial charge in [-0.3, -0.25) is 0 Å². The van der Waals surface area contributed by atoms with E-state index >= 15 is 0 Å². The summed E-state index contributed by atoms with van der Waals surface area (Å²) in [4.78, 5) is 18.0. The number of hydrogen-bond donors (Lipinski definition) is 0. The van der Waals surface area contributed by atoms with Gasteiger partial charge in [-0.05, 0) is 26.2 Å². The number of carbonyl (C=O) groups excluding carboxylic acids is 1. The van der Waals surface area contributed by atoms with Gasteiger partial charge in [0.15, 0.2) is 0 Å². The molecule has 1 heterocycles. The van der Waals surface area contributed by atoms with Crippen molar-refractivity contribution in [2.45, 2.75) is 51.4 Å². The second-order valence-electron chi connectivity index (χ2n) is 4.98. The Morgan fingerprint density at radius 1 is 1.37 bits per heavy atom. The van der Waals surface area contributed by atoms with Gasteiger partial charge in [-0.2, -0.15) is 4.68 Å². The smallest absolute Gasteiger partial charge is 0.323 e. The van der Waals surface area contributed by atoms with Gasteiger partial charge in [0.05, 0.1) is 0 Å². The monoisotopic (exact) mass is 284 g/mol. The Balaban J connectivity index is 2.64. The van der Waals surface area contributed by atoms with Crippen molar-refractivity contribution < 1.29 is 4.79 Å². The van der Waals surface area contributed by atoms with E-state index in [4.69, 9.17) is 0 Å². The maximum Gasteiger partial charge on any atom is 0.346 e. The molecular formula is C13H24N4OS. The van der Waals surface area contributed by atoms with Crippen molar-refractivity contribution in [1.29, 1.82) is 0 Å². The highest BCUT2D eigenvalue weighted by Gasteiger charge is 2.16. The minimum Gasteiger partial charge on any atom is -0.323 e. The van der Waals surface area contributed by atoms with E-state index in [-0.39, 0.29) is 6.03 Å². The predicted octanol–water partition coefficient (Wildman–Crippen LogP) is 3.11. The topological polar surface area (TPSA) is 51.0 Å². The highest BCUT2D eigenvalue weighted by molar-refractivity contribution is 7.99. The van der Waals surface area contributed by atoms with E-state index in [9.17, 15) is 4.79 Å². The van der Waals surface area contributed by atoms with Crippen molar-refractivity contribution in [2.75, 3.05) is 13.1 Å². The van der Waals surface area contributed by atoms with Gasteiger partial charge >= 0.3 is 6.03 Å². The number of rotatable bonds is 6. The summed E-state index contributed by atoms with van der Waals surface area (Å²) >= 11 is 1.62. The first-order valence-corrected chi connectivity index (χ1v) is 7.73. The van der Waals surface area contributed by atoms with Crippen molar-refractivity contribution in [1.82, 2.24) is 19.7 Å². The second-order valence-corrected chi connectivity index (χ2v) is 6.39. The summed E-state index contributed by atoms with van der Waals surface area (Å²) in [5.74, 6) is 0.655. The Morgan fingerprint density at radius 2 is 2.00 bits per heavy atom. The Bertz CT molecular complexity index is 401. The van der Waals surface area contributed by atoms with E-state index < -0.39 is 0 Å². The minimum absolute atomic E-state index is 0.110. The first-order chi connectivity index (χ1) is 8.97. The molecule has 0 aliphatic heterocycles. The zero-order valence-corrected chi connectivity index (χ0v) is 13.3. The molecule has 1 amide bonds. The van der Waals surface area contributed by atoms with Crippen LogP contribution < -0.4 is 0 Å². The third kappa shape index (κ3) is 4.86. The zero-order chi connectivity index (χ0) is 14.4. The van der Waals surface area contributed by atoms with Gasteiger partial charge in [-0.15, -0.1) is 5.10 Å². The number of aromatic nitrogens is 3. The fourth-order valence-corrected chi connectivity index (χ4v) is 3.01. The van der Waals surface area contributed by atoms with Crippen LogP contribution in [0.1, 0.15) is 41.0 Å². The fourth-order valence-electron chi connectivity index (χ4n) is 1.92. The Morgan fingerprint density at radius 3 is 2.53 bits per heavy atom. The molecule has 0 saturated carbocycles. The number of hydrogen-bond acceptors (Lipinski definition) is 4. The second kappa shape index (κ2) is 7.53. The number of nitrogens with zero attached hydrogens (tertiary/aromatic N) is 4. The molecule has 0 aromatic carbocycles. The van der Waals surface area contributed by atoms with E-state index in [1.807, 2.05) is 13.8 Å². The Hall–Kier alpha value is -1.04. The molecule has 1 atom stereocenters. The van der Waals surface area contributed by atoms with Crippen molar-refractivity contribution >= 4 is 17.8 Å². The molecule has 0 bridgehead atoms. The van der Waals surface area contributed by atoms with E-state index in [0.717, 1.165) is 6.42 Å². The molecule has 0 N–H and O–H groups in total. The van der Waals surface area contributed by atoms with Crippen LogP contribution in [0.5, 0.6) is 0 Å². The zero-order valence-electron chi connectivity index (χ0n) is 12.5. The summed E-state index contributed by atoms with van der Waals surface area (Å²) in [7, 11) is 0. The lowest BCUT2D eigenvalue weighted by molar-refractivity contribution is 0.201. The summed E-state index contributed by atoms with van der Waals surface area (Å²) in [6.07, 6.45) is 2.62. The molecule has 6 heteroatoms. The van der Waals surface area contributed by atoms with Gasteiger partial charge in [0, 0.05) is 18.3 Å². The molecule has 5 nitrogen and oxygen atoms in total. The molecule has 0 aliphatic rings. The maximum atomic E-state index is 12.1. The van der Waals surface area contributed by atoms with Crippen LogP contribution >= 0.6 is 11.8 Å². The SMILES string of the molecule is CCN(CC)C(=O)n1cnc(SC(C)CC(C)C)n1. The normalized spacial score (nSPS) is 12.7. The maximum absolute atomic E-state index is 12.1. The number of thioether (sulfide) groups is 1. The van der Waals surface area contributed by atoms with Gasteiger partial charge in [-0.25, -0.2) is 9.78 Å². The van der Waals surface area contributed by atoms with Crippen LogP contribution in [0.25, 0.3) is 0 Å². The highest BCUT2D eigenvalue weighted by Crippen LogP contribution is 2.24. The largest absolute Gasteiger partial charge is 0.346 e. The molecule has 108 valence electrons. The van der Waals surface area contributed by atoms with Crippen molar-refractivity contribution in [3.05, 3.63) is 6.33 Å². The van der Waals surface area contributed by atoms with Crippen molar-refractivity contribution in [3.8, 4) is 0 Å². The van der Waals surface area contributed by atoms with Crippen molar-refractivity contribution in [3.63, 3.8) is 0 Å². The quantitative estimate of drug-likeness (QED) is 0.753. The third-order valence-electron chi connectivity index (χ3n) is 2.81. The van der Waals surface area contributed by atoms with Gasteiger partial charge in [0.1, 0.15) is 6.33 Å². The van der Waals surface area contributed by atoms with Crippen LogP contribution in [-0.2, 0) is 0 Å². The van der Waals surface area contributed by atoms with E-state index in [0.29, 0.717) is 29.4 Å².